The molecule has 3 rings (SSSR count). The van der Waals surface area contributed by atoms with Gasteiger partial charge in [0.05, 0.1) is 17.8 Å². The standard InChI is InChI=1S/C14H14FN3O2/c15-11-6-8(19)4-5-13(11)17-14(20)9-2-1-3-12-10(9)7-16-18-12/h4-7,9,19H,1-3H2,(H,16,18)(H,17,20)/t9-/m1/s1. The highest BCUT2D eigenvalue weighted by Crippen LogP contribution is 2.31. The van der Waals surface area contributed by atoms with Crippen molar-refractivity contribution < 1.29 is 14.3 Å². The Morgan fingerprint density at radius 1 is 1.50 bits per heavy atom. The van der Waals surface area contributed by atoms with Crippen LogP contribution in [0.2, 0.25) is 0 Å². The molecule has 6 heteroatoms. The largest absolute Gasteiger partial charge is 0.508 e. The van der Waals surface area contributed by atoms with Crippen LogP contribution >= 0.6 is 0 Å². The SMILES string of the molecule is O=C(Nc1ccc(O)cc1F)[C@@H]1CCCc2[nH]ncc21. The van der Waals surface area contributed by atoms with E-state index in [0.29, 0.717) is 0 Å². The summed E-state index contributed by atoms with van der Waals surface area (Å²) < 4.78 is 13.6. The van der Waals surface area contributed by atoms with Crippen LogP contribution in [0.25, 0.3) is 0 Å². The molecule has 1 aliphatic carbocycles. The highest BCUT2D eigenvalue weighted by molar-refractivity contribution is 5.96. The minimum Gasteiger partial charge on any atom is -0.508 e. The van der Waals surface area contributed by atoms with Crippen LogP contribution in [0.15, 0.2) is 24.4 Å². The van der Waals surface area contributed by atoms with Gasteiger partial charge in [-0.25, -0.2) is 4.39 Å². The molecule has 0 fully saturated rings. The number of phenols is 1. The number of phenolic OH excluding ortho intramolecular Hbond substituents is 1. The zero-order valence-electron chi connectivity index (χ0n) is 10.7. The Bertz CT molecular complexity index is 654. The maximum absolute atomic E-state index is 13.6. The molecule has 0 bridgehead atoms. The number of nitrogens with one attached hydrogen (secondary N) is 2. The number of carbonyl (C=O) groups is 1. The summed E-state index contributed by atoms with van der Waals surface area (Å²) in [7, 11) is 0. The van der Waals surface area contributed by atoms with Gasteiger partial charge in [-0.15, -0.1) is 0 Å². The normalized spacial score (nSPS) is 17.6. The summed E-state index contributed by atoms with van der Waals surface area (Å²) in [4.78, 5) is 12.3. The van der Waals surface area contributed by atoms with Gasteiger partial charge in [-0.2, -0.15) is 5.10 Å². The van der Waals surface area contributed by atoms with Gasteiger partial charge >= 0.3 is 0 Å². The lowest BCUT2D eigenvalue weighted by Crippen LogP contribution is -2.24. The number of anilines is 1. The Morgan fingerprint density at radius 3 is 3.15 bits per heavy atom. The Labute approximate surface area is 114 Å². The van der Waals surface area contributed by atoms with Crippen molar-refractivity contribution in [2.45, 2.75) is 25.2 Å². The zero-order chi connectivity index (χ0) is 14.1. The maximum Gasteiger partial charge on any atom is 0.232 e. The Morgan fingerprint density at radius 2 is 2.35 bits per heavy atom. The van der Waals surface area contributed by atoms with Gasteiger partial charge < -0.3 is 10.4 Å². The van der Waals surface area contributed by atoms with E-state index in [-0.39, 0.29) is 23.3 Å². The first-order chi connectivity index (χ1) is 9.65. The van der Waals surface area contributed by atoms with Crippen molar-refractivity contribution in [1.82, 2.24) is 10.2 Å². The van der Waals surface area contributed by atoms with Crippen LogP contribution in [0.4, 0.5) is 10.1 Å². The minimum atomic E-state index is -0.651. The molecular weight excluding hydrogens is 261 g/mol. The van der Waals surface area contributed by atoms with E-state index in [1.165, 1.54) is 12.1 Å². The van der Waals surface area contributed by atoms with E-state index in [1.54, 1.807) is 6.20 Å². The molecule has 0 unspecified atom stereocenters. The number of rotatable bonds is 2. The third-order valence-electron chi connectivity index (χ3n) is 3.57. The number of fused-ring (bicyclic) bond motifs is 1. The van der Waals surface area contributed by atoms with Crippen LogP contribution in [0.5, 0.6) is 5.75 Å². The summed E-state index contributed by atoms with van der Waals surface area (Å²) >= 11 is 0. The monoisotopic (exact) mass is 275 g/mol. The van der Waals surface area contributed by atoms with Crippen molar-refractivity contribution in [2.24, 2.45) is 0 Å². The molecule has 1 heterocycles. The molecule has 0 saturated carbocycles. The van der Waals surface area contributed by atoms with Crippen molar-refractivity contribution in [3.8, 4) is 5.75 Å². The van der Waals surface area contributed by atoms with Crippen molar-refractivity contribution in [3.05, 3.63) is 41.5 Å². The molecule has 0 aliphatic heterocycles. The number of hydrogen-bond donors (Lipinski definition) is 3. The molecule has 104 valence electrons. The topological polar surface area (TPSA) is 78.0 Å². The average Bonchev–Trinajstić information content (AvgIpc) is 2.90. The number of aromatic hydroxyl groups is 1. The number of amides is 1. The fraction of sp³-hybridized carbons (Fsp3) is 0.286. The molecule has 1 aliphatic rings. The van der Waals surface area contributed by atoms with Crippen LogP contribution in [-0.4, -0.2) is 21.2 Å². The second-order valence-corrected chi connectivity index (χ2v) is 4.90. The van der Waals surface area contributed by atoms with E-state index in [9.17, 15) is 9.18 Å². The Hall–Kier alpha value is -2.37. The van der Waals surface area contributed by atoms with Crippen LogP contribution in [-0.2, 0) is 11.2 Å². The third-order valence-corrected chi connectivity index (χ3v) is 3.57. The quantitative estimate of drug-likeness (QED) is 0.736. The molecule has 2 aromatic rings. The zero-order valence-corrected chi connectivity index (χ0v) is 10.7. The second kappa shape index (κ2) is 4.96. The number of halogens is 1. The lowest BCUT2D eigenvalue weighted by Gasteiger charge is -2.21. The van der Waals surface area contributed by atoms with E-state index >= 15 is 0 Å². The second-order valence-electron chi connectivity index (χ2n) is 4.90. The summed E-state index contributed by atoms with van der Waals surface area (Å²) in [5.41, 5.74) is 1.93. The molecule has 0 spiro atoms. The predicted molar refractivity (Wildman–Crippen MR) is 71.0 cm³/mol. The van der Waals surface area contributed by atoms with Gasteiger partial charge in [0.25, 0.3) is 0 Å². The molecule has 1 atom stereocenters. The fourth-order valence-corrected chi connectivity index (χ4v) is 2.56. The van der Waals surface area contributed by atoms with Crippen molar-refractivity contribution >= 4 is 11.6 Å². The van der Waals surface area contributed by atoms with Crippen LogP contribution < -0.4 is 5.32 Å². The molecule has 0 radical (unpaired) electrons. The van der Waals surface area contributed by atoms with Crippen molar-refractivity contribution in [3.63, 3.8) is 0 Å². The van der Waals surface area contributed by atoms with Crippen LogP contribution in [0.1, 0.15) is 30.0 Å². The Kier molecular flexibility index (Phi) is 3.14. The average molecular weight is 275 g/mol. The highest BCUT2D eigenvalue weighted by atomic mass is 19.1. The van der Waals surface area contributed by atoms with E-state index in [2.05, 4.69) is 15.5 Å². The van der Waals surface area contributed by atoms with Crippen molar-refractivity contribution in [1.29, 1.82) is 0 Å². The first kappa shape index (κ1) is 12.7. The molecule has 5 nitrogen and oxygen atoms in total. The van der Waals surface area contributed by atoms with Gasteiger partial charge in [0, 0.05) is 17.3 Å². The van der Waals surface area contributed by atoms with Crippen molar-refractivity contribution in [2.75, 3.05) is 5.32 Å². The minimum absolute atomic E-state index is 0.0726. The maximum atomic E-state index is 13.6. The molecule has 20 heavy (non-hydrogen) atoms. The highest BCUT2D eigenvalue weighted by Gasteiger charge is 2.28. The van der Waals surface area contributed by atoms with Gasteiger partial charge in [-0.05, 0) is 31.4 Å². The lowest BCUT2D eigenvalue weighted by molar-refractivity contribution is -0.117. The smallest absolute Gasteiger partial charge is 0.232 e. The number of aromatic amines is 1. The number of hydrogen-bond acceptors (Lipinski definition) is 3. The molecule has 1 aromatic carbocycles. The number of H-pyrrole nitrogens is 1. The van der Waals surface area contributed by atoms with E-state index < -0.39 is 5.82 Å². The van der Waals surface area contributed by atoms with Crippen LogP contribution in [0.3, 0.4) is 0 Å². The van der Waals surface area contributed by atoms with Gasteiger partial charge in [-0.3, -0.25) is 9.89 Å². The Balaban J connectivity index is 1.81. The number of aryl methyl sites for hydroxylation is 1. The van der Waals surface area contributed by atoms with E-state index in [0.717, 1.165) is 36.6 Å². The predicted octanol–water partition coefficient (Wildman–Crippen LogP) is 2.31. The molecular formula is C14H14FN3O2. The lowest BCUT2D eigenvalue weighted by atomic mass is 9.86. The summed E-state index contributed by atoms with van der Waals surface area (Å²) in [6.45, 7) is 0. The van der Waals surface area contributed by atoms with Gasteiger partial charge in [0.2, 0.25) is 5.91 Å². The number of nitrogens with zero attached hydrogens (tertiary/aromatic N) is 1. The first-order valence-electron chi connectivity index (χ1n) is 6.46. The fourth-order valence-electron chi connectivity index (χ4n) is 2.56. The molecule has 1 aromatic heterocycles. The van der Waals surface area contributed by atoms with Gasteiger partial charge in [0.1, 0.15) is 11.6 Å². The third kappa shape index (κ3) is 2.24. The summed E-state index contributed by atoms with van der Waals surface area (Å²) in [6.07, 6.45) is 4.15. The number of benzene rings is 1. The van der Waals surface area contributed by atoms with Crippen LogP contribution in [0, 0.1) is 5.82 Å². The molecule has 3 N–H and O–H groups in total. The van der Waals surface area contributed by atoms with E-state index in [1.807, 2.05) is 0 Å². The number of carbonyl (C=O) groups excluding carboxylic acids is 1. The summed E-state index contributed by atoms with van der Waals surface area (Å²) in [5.74, 6) is -1.39. The summed E-state index contributed by atoms with van der Waals surface area (Å²) in [6, 6.07) is 3.66. The van der Waals surface area contributed by atoms with Gasteiger partial charge in [-0.1, -0.05) is 0 Å². The summed E-state index contributed by atoms with van der Waals surface area (Å²) in [5, 5.41) is 18.6. The molecule has 1 amide bonds. The molecule has 0 saturated heterocycles. The van der Waals surface area contributed by atoms with Gasteiger partial charge in [0.15, 0.2) is 0 Å². The first-order valence-corrected chi connectivity index (χ1v) is 6.46. The van der Waals surface area contributed by atoms with E-state index in [4.69, 9.17) is 5.11 Å². The number of aromatic nitrogens is 2.